The van der Waals surface area contributed by atoms with Gasteiger partial charge >= 0.3 is 0 Å². The monoisotopic (exact) mass is 373 g/mol. The molecule has 1 atom stereocenters. The van der Waals surface area contributed by atoms with Crippen LogP contribution in [-0.4, -0.2) is 4.98 Å². The first-order valence-corrected chi connectivity index (χ1v) is 10.6. The summed E-state index contributed by atoms with van der Waals surface area (Å²) in [5, 5.41) is 8.03. The Kier molecular flexibility index (Phi) is 3.70. The third kappa shape index (κ3) is 2.65. The van der Waals surface area contributed by atoms with Gasteiger partial charge in [-0.25, -0.2) is 0 Å². The van der Waals surface area contributed by atoms with Gasteiger partial charge in [-0.05, 0) is 81.9 Å². The van der Waals surface area contributed by atoms with Gasteiger partial charge in [-0.2, -0.15) is 0 Å². The van der Waals surface area contributed by atoms with Crippen LogP contribution in [0.25, 0.3) is 32.3 Å². The van der Waals surface area contributed by atoms with E-state index in [4.69, 9.17) is 0 Å². The zero-order chi connectivity index (χ0) is 19.4. The van der Waals surface area contributed by atoms with Crippen molar-refractivity contribution in [2.75, 3.05) is 0 Å². The topological polar surface area (TPSA) is 12.9 Å². The summed E-state index contributed by atoms with van der Waals surface area (Å²) in [5.74, 6) is 0.473. The quantitative estimate of drug-likeness (QED) is 0.281. The number of benzene rings is 4. The van der Waals surface area contributed by atoms with Crippen molar-refractivity contribution < 1.29 is 0 Å². The van der Waals surface area contributed by atoms with Crippen LogP contribution in [0.4, 0.5) is 0 Å². The van der Waals surface area contributed by atoms with Gasteiger partial charge in [0.25, 0.3) is 0 Å². The molecule has 1 heterocycles. The fourth-order valence-corrected chi connectivity index (χ4v) is 5.24. The van der Waals surface area contributed by atoms with Gasteiger partial charge in [0.05, 0.1) is 0 Å². The van der Waals surface area contributed by atoms with Crippen LogP contribution in [0.3, 0.4) is 0 Å². The zero-order valence-corrected chi connectivity index (χ0v) is 16.7. The van der Waals surface area contributed by atoms with E-state index in [1.807, 2.05) is 6.20 Å². The van der Waals surface area contributed by atoms with Gasteiger partial charge in [-0.15, -0.1) is 0 Å². The minimum Gasteiger partial charge on any atom is -0.261 e. The molecule has 1 aliphatic rings. The maximum absolute atomic E-state index is 4.51. The van der Waals surface area contributed by atoms with Crippen molar-refractivity contribution in [1.29, 1.82) is 0 Å². The number of nitrogens with zero attached hydrogens (tertiary/aromatic N) is 1. The first kappa shape index (κ1) is 16.7. The van der Waals surface area contributed by atoms with Crippen molar-refractivity contribution in [2.24, 2.45) is 0 Å². The molecule has 1 aromatic heterocycles. The van der Waals surface area contributed by atoms with Crippen LogP contribution in [-0.2, 0) is 6.42 Å². The van der Waals surface area contributed by atoms with Gasteiger partial charge < -0.3 is 0 Å². The zero-order valence-electron chi connectivity index (χ0n) is 16.7. The molecular formula is C28H23N. The minimum atomic E-state index is 0.473. The Hall–Kier alpha value is -3.19. The average Bonchev–Trinajstić information content (AvgIpc) is 2.78. The third-order valence-corrected chi connectivity index (χ3v) is 6.65. The highest BCUT2D eigenvalue weighted by molar-refractivity contribution is 6.08. The van der Waals surface area contributed by atoms with E-state index in [1.165, 1.54) is 62.7 Å². The molecule has 0 amide bonds. The van der Waals surface area contributed by atoms with Crippen molar-refractivity contribution in [2.45, 2.75) is 32.1 Å². The lowest BCUT2D eigenvalue weighted by Gasteiger charge is -2.28. The fourth-order valence-electron chi connectivity index (χ4n) is 5.24. The van der Waals surface area contributed by atoms with Crippen LogP contribution in [0.1, 0.15) is 41.1 Å². The number of hydrogen-bond acceptors (Lipinski definition) is 1. The van der Waals surface area contributed by atoms with Crippen LogP contribution >= 0.6 is 0 Å². The molecule has 0 saturated carbocycles. The van der Waals surface area contributed by atoms with Crippen LogP contribution in [0.5, 0.6) is 0 Å². The van der Waals surface area contributed by atoms with Crippen molar-refractivity contribution in [3.63, 3.8) is 0 Å². The molecule has 1 unspecified atom stereocenters. The standard InChI is InChI=1S/C28H23N/c1-18-15-20-9-10-21(16-22(20)17-29-18)24-7-4-8-25-27(24)14-13-26-23-6-3-2-5-19(23)11-12-28(25)26/h2-3,5-6,9-17,24H,4,7-8H2,1H3. The summed E-state index contributed by atoms with van der Waals surface area (Å²) in [7, 11) is 0. The van der Waals surface area contributed by atoms with E-state index < -0.39 is 0 Å². The van der Waals surface area contributed by atoms with Gasteiger partial charge in [-0.1, -0.05) is 60.7 Å². The molecule has 1 heteroatoms. The highest BCUT2D eigenvalue weighted by atomic mass is 14.6. The Morgan fingerprint density at radius 1 is 0.759 bits per heavy atom. The minimum absolute atomic E-state index is 0.473. The van der Waals surface area contributed by atoms with E-state index in [0.717, 1.165) is 5.69 Å². The highest BCUT2D eigenvalue weighted by Gasteiger charge is 2.24. The summed E-state index contributed by atoms with van der Waals surface area (Å²) < 4.78 is 0. The second-order valence-corrected chi connectivity index (χ2v) is 8.39. The van der Waals surface area contributed by atoms with Gasteiger partial charge in [0.15, 0.2) is 0 Å². The van der Waals surface area contributed by atoms with Crippen molar-refractivity contribution in [3.8, 4) is 0 Å². The van der Waals surface area contributed by atoms with Gasteiger partial charge in [0, 0.05) is 23.2 Å². The number of aryl methyl sites for hydroxylation is 2. The third-order valence-electron chi connectivity index (χ3n) is 6.65. The molecule has 29 heavy (non-hydrogen) atoms. The molecule has 1 nitrogen and oxygen atoms in total. The second-order valence-electron chi connectivity index (χ2n) is 8.39. The smallest absolute Gasteiger partial charge is 0.0379 e. The maximum atomic E-state index is 4.51. The van der Waals surface area contributed by atoms with Gasteiger partial charge in [0.2, 0.25) is 0 Å². The summed E-state index contributed by atoms with van der Waals surface area (Å²) in [4.78, 5) is 4.51. The molecule has 140 valence electrons. The summed E-state index contributed by atoms with van der Waals surface area (Å²) in [6.07, 6.45) is 5.66. The average molecular weight is 373 g/mol. The summed E-state index contributed by atoms with van der Waals surface area (Å²) >= 11 is 0. The Morgan fingerprint density at radius 3 is 2.59 bits per heavy atom. The molecular weight excluding hydrogens is 350 g/mol. The SMILES string of the molecule is Cc1cc2ccc(C3CCCc4c3ccc3c4ccc4ccccc43)cc2cn1. The molecule has 0 spiro atoms. The largest absolute Gasteiger partial charge is 0.261 e. The summed E-state index contributed by atoms with van der Waals surface area (Å²) in [5.41, 5.74) is 5.56. The van der Waals surface area contributed by atoms with E-state index >= 15 is 0 Å². The Labute approximate surface area is 171 Å². The lowest BCUT2D eigenvalue weighted by molar-refractivity contribution is 0.620. The van der Waals surface area contributed by atoms with E-state index in [9.17, 15) is 0 Å². The molecule has 4 aromatic carbocycles. The summed E-state index contributed by atoms with van der Waals surface area (Å²) in [6, 6.07) is 27.2. The Balaban J connectivity index is 1.54. The molecule has 0 saturated heterocycles. The lowest BCUT2D eigenvalue weighted by Crippen LogP contribution is -2.11. The maximum Gasteiger partial charge on any atom is 0.0379 e. The fraction of sp³-hybridized carbons (Fsp3) is 0.179. The highest BCUT2D eigenvalue weighted by Crippen LogP contribution is 2.41. The number of rotatable bonds is 1. The van der Waals surface area contributed by atoms with Gasteiger partial charge in [0.1, 0.15) is 0 Å². The lowest BCUT2D eigenvalue weighted by atomic mass is 9.76. The van der Waals surface area contributed by atoms with E-state index in [0.29, 0.717) is 5.92 Å². The number of fused-ring (bicyclic) bond motifs is 6. The van der Waals surface area contributed by atoms with E-state index in [2.05, 4.69) is 84.7 Å². The molecule has 6 rings (SSSR count). The number of aromatic nitrogens is 1. The molecule has 5 aromatic rings. The van der Waals surface area contributed by atoms with Gasteiger partial charge in [-0.3, -0.25) is 4.98 Å². The normalized spacial score (nSPS) is 16.4. The molecule has 0 N–H and O–H groups in total. The van der Waals surface area contributed by atoms with Crippen LogP contribution in [0.2, 0.25) is 0 Å². The van der Waals surface area contributed by atoms with Crippen LogP contribution in [0.15, 0.2) is 79.0 Å². The second kappa shape index (κ2) is 6.42. The van der Waals surface area contributed by atoms with Crippen LogP contribution < -0.4 is 0 Å². The molecule has 1 aliphatic carbocycles. The molecule has 0 fully saturated rings. The Bertz CT molecular complexity index is 1400. The first-order chi connectivity index (χ1) is 14.3. The molecule has 0 aliphatic heterocycles. The number of hydrogen-bond donors (Lipinski definition) is 0. The Morgan fingerprint density at radius 2 is 1.62 bits per heavy atom. The van der Waals surface area contributed by atoms with E-state index in [1.54, 1.807) is 5.56 Å². The predicted molar refractivity (Wildman–Crippen MR) is 123 cm³/mol. The van der Waals surface area contributed by atoms with Crippen molar-refractivity contribution >= 4 is 32.3 Å². The summed E-state index contributed by atoms with van der Waals surface area (Å²) in [6.45, 7) is 2.06. The number of pyridine rings is 1. The first-order valence-electron chi connectivity index (χ1n) is 10.6. The molecule has 0 radical (unpaired) electrons. The van der Waals surface area contributed by atoms with Crippen molar-refractivity contribution in [1.82, 2.24) is 4.98 Å². The predicted octanol–water partition coefficient (Wildman–Crippen LogP) is 7.32. The van der Waals surface area contributed by atoms with E-state index in [-0.39, 0.29) is 0 Å². The molecule has 0 bridgehead atoms. The van der Waals surface area contributed by atoms with Crippen LogP contribution in [0, 0.1) is 6.92 Å². The van der Waals surface area contributed by atoms with Crippen molar-refractivity contribution in [3.05, 3.63) is 101 Å².